The van der Waals surface area contributed by atoms with Gasteiger partial charge in [0.25, 0.3) is 0 Å². The van der Waals surface area contributed by atoms with Crippen LogP contribution in [0.4, 0.5) is 0 Å². The molecular formula is C9H15N3O2S. The van der Waals surface area contributed by atoms with Crippen molar-refractivity contribution in [3.05, 3.63) is 10.6 Å². The smallest absolute Gasteiger partial charge is 0.195 e. The summed E-state index contributed by atoms with van der Waals surface area (Å²) in [5.41, 5.74) is 0. The van der Waals surface area contributed by atoms with Crippen molar-refractivity contribution in [2.45, 2.75) is 26.0 Å². The van der Waals surface area contributed by atoms with Crippen LogP contribution in [0.15, 0.2) is 0 Å². The van der Waals surface area contributed by atoms with Gasteiger partial charge in [0.15, 0.2) is 10.6 Å². The molecule has 15 heavy (non-hydrogen) atoms. The van der Waals surface area contributed by atoms with Crippen molar-refractivity contribution in [3.8, 4) is 0 Å². The summed E-state index contributed by atoms with van der Waals surface area (Å²) in [6, 6.07) is 0. The van der Waals surface area contributed by atoms with Crippen molar-refractivity contribution >= 4 is 12.2 Å². The van der Waals surface area contributed by atoms with Crippen molar-refractivity contribution in [2.24, 2.45) is 5.92 Å². The van der Waals surface area contributed by atoms with Gasteiger partial charge in [-0.25, -0.2) is 0 Å². The Bertz CT molecular complexity index is 368. The molecule has 0 aromatic carbocycles. The van der Waals surface area contributed by atoms with Crippen LogP contribution in [0.3, 0.4) is 0 Å². The first-order chi connectivity index (χ1) is 7.31. The fourth-order valence-corrected chi connectivity index (χ4v) is 2.09. The summed E-state index contributed by atoms with van der Waals surface area (Å²) in [4.78, 5) is 0. The van der Waals surface area contributed by atoms with Gasteiger partial charge in [0.2, 0.25) is 0 Å². The second-order valence-electron chi connectivity index (χ2n) is 3.80. The molecule has 1 aromatic heterocycles. The van der Waals surface area contributed by atoms with Crippen LogP contribution in [-0.4, -0.2) is 33.1 Å². The van der Waals surface area contributed by atoms with Crippen molar-refractivity contribution in [2.75, 3.05) is 13.2 Å². The minimum absolute atomic E-state index is 0.0826. The van der Waals surface area contributed by atoms with E-state index in [4.69, 9.17) is 22.1 Å². The molecule has 1 unspecified atom stereocenters. The van der Waals surface area contributed by atoms with Gasteiger partial charge in [-0.2, -0.15) is 5.10 Å². The zero-order valence-corrected chi connectivity index (χ0v) is 9.29. The van der Waals surface area contributed by atoms with Crippen LogP contribution in [0.2, 0.25) is 0 Å². The van der Waals surface area contributed by atoms with Crippen LogP contribution in [0, 0.1) is 10.7 Å². The first-order valence-electron chi connectivity index (χ1n) is 5.14. The Hall–Kier alpha value is -0.720. The molecular weight excluding hydrogens is 214 g/mol. The number of ether oxygens (including phenoxy) is 1. The Morgan fingerprint density at radius 1 is 1.67 bits per heavy atom. The third-order valence-electron chi connectivity index (χ3n) is 2.67. The van der Waals surface area contributed by atoms with Crippen LogP contribution in [0.5, 0.6) is 0 Å². The summed E-state index contributed by atoms with van der Waals surface area (Å²) < 4.78 is 7.83. The lowest BCUT2D eigenvalue weighted by molar-refractivity contribution is 0.0474. The molecule has 1 saturated heterocycles. The zero-order chi connectivity index (χ0) is 10.7. The number of rotatable bonds is 3. The SMILES string of the molecule is OCc1n[nH]c(=S)n1CC1CCCOC1. The van der Waals surface area contributed by atoms with Gasteiger partial charge in [-0.3, -0.25) is 5.10 Å². The maximum Gasteiger partial charge on any atom is 0.195 e. The molecule has 84 valence electrons. The average molecular weight is 229 g/mol. The average Bonchev–Trinajstić information content (AvgIpc) is 2.62. The monoisotopic (exact) mass is 229 g/mol. The minimum atomic E-state index is -0.0826. The fourth-order valence-electron chi connectivity index (χ4n) is 1.87. The van der Waals surface area contributed by atoms with Crippen LogP contribution in [-0.2, 0) is 17.9 Å². The molecule has 0 bridgehead atoms. The van der Waals surface area contributed by atoms with E-state index in [1.807, 2.05) is 4.57 Å². The van der Waals surface area contributed by atoms with E-state index in [0.29, 0.717) is 16.5 Å². The topological polar surface area (TPSA) is 63.1 Å². The molecule has 1 aromatic rings. The van der Waals surface area contributed by atoms with Gasteiger partial charge < -0.3 is 14.4 Å². The predicted molar refractivity (Wildman–Crippen MR) is 56.9 cm³/mol. The van der Waals surface area contributed by atoms with Gasteiger partial charge in [-0.1, -0.05) is 0 Å². The second kappa shape index (κ2) is 4.87. The highest BCUT2D eigenvalue weighted by molar-refractivity contribution is 7.71. The largest absolute Gasteiger partial charge is 0.388 e. The van der Waals surface area contributed by atoms with E-state index in [9.17, 15) is 0 Å². The van der Waals surface area contributed by atoms with Crippen molar-refractivity contribution in [3.63, 3.8) is 0 Å². The quantitative estimate of drug-likeness (QED) is 0.755. The van der Waals surface area contributed by atoms with Gasteiger partial charge in [-0.05, 0) is 25.1 Å². The van der Waals surface area contributed by atoms with E-state index in [-0.39, 0.29) is 6.61 Å². The first kappa shape index (κ1) is 10.8. The number of H-pyrrole nitrogens is 1. The number of aromatic amines is 1. The third kappa shape index (κ3) is 2.45. The number of hydrogen-bond donors (Lipinski definition) is 2. The molecule has 2 rings (SSSR count). The van der Waals surface area contributed by atoms with E-state index in [2.05, 4.69) is 10.2 Å². The van der Waals surface area contributed by atoms with E-state index in [0.717, 1.165) is 32.6 Å². The van der Waals surface area contributed by atoms with Crippen LogP contribution in [0.25, 0.3) is 0 Å². The number of aliphatic hydroxyl groups is 1. The molecule has 1 aliphatic heterocycles. The molecule has 0 amide bonds. The molecule has 5 nitrogen and oxygen atoms in total. The lowest BCUT2D eigenvalue weighted by Crippen LogP contribution is -2.23. The highest BCUT2D eigenvalue weighted by Crippen LogP contribution is 2.16. The van der Waals surface area contributed by atoms with Gasteiger partial charge in [0, 0.05) is 19.1 Å². The minimum Gasteiger partial charge on any atom is -0.388 e. The predicted octanol–water partition coefficient (Wildman–Crippen LogP) is 0.860. The molecule has 2 N–H and O–H groups in total. The summed E-state index contributed by atoms with van der Waals surface area (Å²) >= 11 is 5.10. The summed E-state index contributed by atoms with van der Waals surface area (Å²) in [6.07, 6.45) is 2.25. The van der Waals surface area contributed by atoms with E-state index in [1.54, 1.807) is 0 Å². The maximum absolute atomic E-state index is 9.08. The van der Waals surface area contributed by atoms with Crippen LogP contribution in [0.1, 0.15) is 18.7 Å². The summed E-state index contributed by atoms with van der Waals surface area (Å²) in [5, 5.41) is 15.7. The number of nitrogens with one attached hydrogen (secondary N) is 1. The Kier molecular flexibility index (Phi) is 3.50. The standard InChI is InChI=1S/C9H15N3O2S/c13-5-8-10-11-9(15)12(8)4-7-2-1-3-14-6-7/h7,13H,1-6H2,(H,11,15). The van der Waals surface area contributed by atoms with Crippen LogP contribution < -0.4 is 0 Å². The lowest BCUT2D eigenvalue weighted by Gasteiger charge is -2.22. The van der Waals surface area contributed by atoms with Crippen molar-refractivity contribution < 1.29 is 9.84 Å². The Labute approximate surface area is 93.1 Å². The first-order valence-corrected chi connectivity index (χ1v) is 5.54. The van der Waals surface area contributed by atoms with Crippen LogP contribution >= 0.6 is 12.2 Å². The highest BCUT2D eigenvalue weighted by Gasteiger charge is 2.16. The summed E-state index contributed by atoms with van der Waals surface area (Å²) in [5.74, 6) is 1.08. The molecule has 1 aliphatic rings. The molecule has 1 fully saturated rings. The van der Waals surface area contributed by atoms with Gasteiger partial charge in [0.1, 0.15) is 6.61 Å². The Morgan fingerprint density at radius 2 is 2.53 bits per heavy atom. The molecule has 1 atom stereocenters. The van der Waals surface area contributed by atoms with Gasteiger partial charge in [-0.15, -0.1) is 0 Å². The van der Waals surface area contributed by atoms with Gasteiger partial charge in [0.05, 0.1) is 6.61 Å². The molecule has 0 radical (unpaired) electrons. The third-order valence-corrected chi connectivity index (χ3v) is 2.99. The molecule has 0 saturated carbocycles. The lowest BCUT2D eigenvalue weighted by atomic mass is 10.0. The fraction of sp³-hybridized carbons (Fsp3) is 0.778. The number of hydrogen-bond acceptors (Lipinski definition) is 4. The Balaban J connectivity index is 2.08. The molecule has 0 spiro atoms. The summed E-state index contributed by atoms with van der Waals surface area (Å²) in [7, 11) is 0. The number of aromatic nitrogens is 3. The van der Waals surface area contributed by atoms with E-state index < -0.39 is 0 Å². The van der Waals surface area contributed by atoms with Crippen molar-refractivity contribution in [1.29, 1.82) is 0 Å². The zero-order valence-electron chi connectivity index (χ0n) is 8.48. The molecule has 0 aliphatic carbocycles. The van der Waals surface area contributed by atoms with E-state index in [1.165, 1.54) is 0 Å². The number of aliphatic hydroxyl groups excluding tert-OH is 1. The van der Waals surface area contributed by atoms with Gasteiger partial charge >= 0.3 is 0 Å². The van der Waals surface area contributed by atoms with Crippen molar-refractivity contribution in [1.82, 2.24) is 14.8 Å². The highest BCUT2D eigenvalue weighted by atomic mass is 32.1. The summed E-state index contributed by atoms with van der Waals surface area (Å²) in [6.45, 7) is 2.34. The second-order valence-corrected chi connectivity index (χ2v) is 4.18. The van der Waals surface area contributed by atoms with E-state index >= 15 is 0 Å². The number of nitrogens with zero attached hydrogens (tertiary/aromatic N) is 2. The molecule has 2 heterocycles. The normalized spacial score (nSPS) is 21.8. The maximum atomic E-state index is 9.08. The molecule has 6 heteroatoms. The Morgan fingerprint density at radius 3 is 3.20 bits per heavy atom.